The van der Waals surface area contributed by atoms with Crippen LogP contribution in [0.25, 0.3) is 0 Å². The number of phenols is 2. The van der Waals surface area contributed by atoms with Gasteiger partial charge in [0.05, 0.1) is 11.4 Å². The van der Waals surface area contributed by atoms with E-state index in [-0.39, 0.29) is 11.5 Å². The van der Waals surface area contributed by atoms with Crippen LogP contribution in [0.5, 0.6) is 11.5 Å². The van der Waals surface area contributed by atoms with Crippen LogP contribution in [0.1, 0.15) is 11.1 Å². The van der Waals surface area contributed by atoms with Crippen molar-refractivity contribution in [2.75, 3.05) is 11.5 Å². The monoisotopic (exact) mass is 484 g/mol. The van der Waals surface area contributed by atoms with Crippen molar-refractivity contribution >= 4 is 47.3 Å². The first-order valence-corrected chi connectivity index (χ1v) is 12.8. The molecule has 0 radical (unpaired) electrons. The SMILES string of the molecule is Oc1ccccc1C=Nc1ccccc1SCCSc1ccccc1N=Cc1ccccc1O. The number of benzene rings is 4. The summed E-state index contributed by atoms with van der Waals surface area (Å²) in [6.45, 7) is 0. The molecule has 0 aromatic heterocycles. The second kappa shape index (κ2) is 12.1. The van der Waals surface area contributed by atoms with Crippen molar-refractivity contribution in [2.24, 2.45) is 9.98 Å². The van der Waals surface area contributed by atoms with Crippen molar-refractivity contribution in [3.8, 4) is 11.5 Å². The fourth-order valence-electron chi connectivity index (χ4n) is 3.15. The zero-order chi connectivity index (χ0) is 23.6. The van der Waals surface area contributed by atoms with E-state index in [2.05, 4.69) is 22.1 Å². The number of phenolic OH excluding ortho intramolecular Hbond substituents is 2. The van der Waals surface area contributed by atoms with Crippen LogP contribution in [0.3, 0.4) is 0 Å². The molecule has 0 saturated heterocycles. The van der Waals surface area contributed by atoms with Crippen molar-refractivity contribution in [2.45, 2.75) is 9.79 Å². The van der Waals surface area contributed by atoms with Gasteiger partial charge < -0.3 is 10.2 Å². The third-order valence-corrected chi connectivity index (χ3v) is 7.28. The van der Waals surface area contributed by atoms with E-state index in [9.17, 15) is 10.2 Å². The van der Waals surface area contributed by atoms with Crippen LogP contribution < -0.4 is 0 Å². The van der Waals surface area contributed by atoms with Crippen molar-refractivity contribution in [1.29, 1.82) is 0 Å². The molecule has 6 heteroatoms. The van der Waals surface area contributed by atoms with Crippen LogP contribution in [0.2, 0.25) is 0 Å². The number of nitrogens with zero attached hydrogens (tertiary/aromatic N) is 2. The van der Waals surface area contributed by atoms with Gasteiger partial charge >= 0.3 is 0 Å². The van der Waals surface area contributed by atoms with Crippen molar-refractivity contribution in [3.63, 3.8) is 0 Å². The van der Waals surface area contributed by atoms with Gasteiger partial charge in [0, 0.05) is 44.9 Å². The lowest BCUT2D eigenvalue weighted by atomic mass is 10.2. The predicted octanol–water partition coefficient (Wildman–Crippen LogP) is 7.48. The molecule has 0 heterocycles. The summed E-state index contributed by atoms with van der Waals surface area (Å²) in [4.78, 5) is 11.4. The molecule has 0 amide bonds. The molecule has 0 saturated carbocycles. The van der Waals surface area contributed by atoms with Gasteiger partial charge in [-0.15, -0.1) is 23.5 Å². The van der Waals surface area contributed by atoms with E-state index in [0.29, 0.717) is 11.1 Å². The summed E-state index contributed by atoms with van der Waals surface area (Å²) in [6.07, 6.45) is 3.39. The summed E-state index contributed by atoms with van der Waals surface area (Å²) in [5, 5.41) is 19.9. The Hall–Kier alpha value is -3.48. The summed E-state index contributed by atoms with van der Waals surface area (Å²) in [5.41, 5.74) is 3.15. The minimum atomic E-state index is 0.219. The lowest BCUT2D eigenvalue weighted by Crippen LogP contribution is -1.87. The van der Waals surface area contributed by atoms with E-state index in [0.717, 1.165) is 32.7 Å². The van der Waals surface area contributed by atoms with Crippen LogP contribution in [-0.4, -0.2) is 34.1 Å². The molecule has 0 spiro atoms. The highest BCUT2D eigenvalue weighted by Crippen LogP contribution is 2.33. The smallest absolute Gasteiger partial charge is 0.124 e. The van der Waals surface area contributed by atoms with Crippen LogP contribution in [-0.2, 0) is 0 Å². The van der Waals surface area contributed by atoms with Gasteiger partial charge in [0.1, 0.15) is 11.5 Å². The van der Waals surface area contributed by atoms with Crippen LogP contribution in [0.15, 0.2) is 117 Å². The minimum Gasteiger partial charge on any atom is -0.507 e. The molecule has 4 aromatic rings. The highest BCUT2D eigenvalue weighted by atomic mass is 32.2. The maximum absolute atomic E-state index is 9.96. The van der Waals surface area contributed by atoms with E-state index in [1.807, 2.05) is 60.7 Å². The van der Waals surface area contributed by atoms with Gasteiger partial charge in [-0.1, -0.05) is 48.5 Å². The van der Waals surface area contributed by atoms with E-state index >= 15 is 0 Å². The third kappa shape index (κ3) is 6.53. The number of rotatable bonds is 9. The molecular weight excluding hydrogens is 460 g/mol. The largest absolute Gasteiger partial charge is 0.507 e. The number of hydrogen-bond acceptors (Lipinski definition) is 6. The quantitative estimate of drug-likeness (QED) is 0.147. The molecule has 0 aliphatic heterocycles. The zero-order valence-corrected chi connectivity index (χ0v) is 20.0. The molecule has 4 rings (SSSR count). The van der Waals surface area contributed by atoms with Gasteiger partial charge in [-0.25, -0.2) is 0 Å². The first kappa shape index (κ1) is 23.7. The van der Waals surface area contributed by atoms with E-state index in [1.165, 1.54) is 0 Å². The highest BCUT2D eigenvalue weighted by Gasteiger charge is 2.05. The second-order valence-electron chi connectivity index (χ2n) is 7.27. The standard InChI is InChI=1S/C28H24N2O2S2/c31-25-13-5-1-9-21(25)19-29-23-11-3-7-15-27(23)33-17-18-34-28-16-8-4-12-24(28)30-20-22-10-2-6-14-26(22)32/h1-16,19-20,31-32H,17-18H2. The summed E-state index contributed by atoms with van der Waals surface area (Å²) < 4.78 is 0. The molecule has 170 valence electrons. The Morgan fingerprint density at radius 2 is 0.912 bits per heavy atom. The summed E-state index contributed by atoms with van der Waals surface area (Å²) >= 11 is 3.51. The Kier molecular flexibility index (Phi) is 8.43. The maximum atomic E-state index is 9.96. The molecular formula is C28H24N2O2S2. The van der Waals surface area contributed by atoms with Gasteiger partial charge in [0.15, 0.2) is 0 Å². The van der Waals surface area contributed by atoms with Gasteiger partial charge in [0.2, 0.25) is 0 Å². The van der Waals surface area contributed by atoms with E-state index in [1.54, 1.807) is 60.2 Å². The Labute approximate surface area is 208 Å². The van der Waals surface area contributed by atoms with E-state index < -0.39 is 0 Å². The van der Waals surface area contributed by atoms with Crippen LogP contribution >= 0.6 is 23.5 Å². The van der Waals surface area contributed by atoms with Crippen molar-refractivity contribution in [3.05, 3.63) is 108 Å². The predicted molar refractivity (Wildman–Crippen MR) is 145 cm³/mol. The average Bonchev–Trinajstić information content (AvgIpc) is 2.87. The number of aromatic hydroxyl groups is 2. The minimum absolute atomic E-state index is 0.219. The van der Waals surface area contributed by atoms with Crippen molar-refractivity contribution < 1.29 is 10.2 Å². The second-order valence-corrected chi connectivity index (χ2v) is 9.54. The number of thioether (sulfide) groups is 2. The summed E-state index contributed by atoms with van der Waals surface area (Å²) in [6, 6.07) is 30.4. The normalized spacial score (nSPS) is 11.4. The molecule has 4 aromatic carbocycles. The highest BCUT2D eigenvalue weighted by molar-refractivity contribution is 8.03. The van der Waals surface area contributed by atoms with Gasteiger partial charge in [-0.3, -0.25) is 9.98 Å². The lowest BCUT2D eigenvalue weighted by Gasteiger charge is -2.07. The number of hydrogen-bond donors (Lipinski definition) is 2. The topological polar surface area (TPSA) is 65.2 Å². The Morgan fingerprint density at radius 1 is 0.529 bits per heavy atom. The molecule has 0 atom stereocenters. The van der Waals surface area contributed by atoms with Gasteiger partial charge in [-0.2, -0.15) is 0 Å². The van der Waals surface area contributed by atoms with Crippen LogP contribution in [0, 0.1) is 0 Å². The lowest BCUT2D eigenvalue weighted by molar-refractivity contribution is 0.474. The number of para-hydroxylation sites is 4. The Bertz CT molecular complexity index is 1200. The van der Waals surface area contributed by atoms with Gasteiger partial charge in [0.25, 0.3) is 0 Å². The fourth-order valence-corrected chi connectivity index (χ4v) is 5.14. The molecule has 0 fully saturated rings. The molecule has 4 nitrogen and oxygen atoms in total. The molecule has 34 heavy (non-hydrogen) atoms. The fraction of sp³-hybridized carbons (Fsp3) is 0.0714. The molecule has 2 N–H and O–H groups in total. The number of aliphatic imine (C=N–C) groups is 2. The third-order valence-electron chi connectivity index (χ3n) is 4.89. The molecule has 0 unspecified atom stereocenters. The first-order chi connectivity index (χ1) is 16.7. The molecule has 0 aliphatic carbocycles. The maximum Gasteiger partial charge on any atom is 0.124 e. The van der Waals surface area contributed by atoms with Gasteiger partial charge in [-0.05, 0) is 48.5 Å². The average molecular weight is 485 g/mol. The molecule has 0 bridgehead atoms. The van der Waals surface area contributed by atoms with Crippen LogP contribution in [0.4, 0.5) is 11.4 Å². The molecule has 0 aliphatic rings. The first-order valence-electron chi connectivity index (χ1n) is 10.8. The van der Waals surface area contributed by atoms with Crippen molar-refractivity contribution in [1.82, 2.24) is 0 Å². The van der Waals surface area contributed by atoms with E-state index in [4.69, 9.17) is 0 Å². The summed E-state index contributed by atoms with van der Waals surface area (Å²) in [5.74, 6) is 2.25. The summed E-state index contributed by atoms with van der Waals surface area (Å²) in [7, 11) is 0. The zero-order valence-electron chi connectivity index (χ0n) is 18.4. The Morgan fingerprint density at radius 3 is 1.35 bits per heavy atom. The Balaban J connectivity index is 1.37.